The zero-order chi connectivity index (χ0) is 24.8. The number of likely N-dealkylation sites (N-methyl/N-ethyl adjacent to an activating group) is 1. The third kappa shape index (κ3) is 5.78. The molecule has 182 valence electrons. The number of likely N-dealkylation sites (tertiary alicyclic amines) is 1. The van der Waals surface area contributed by atoms with Crippen LogP contribution >= 0.6 is 0 Å². The number of amides is 1. The van der Waals surface area contributed by atoms with Crippen molar-refractivity contribution in [2.75, 3.05) is 40.4 Å². The molecular weight excluding hydrogens is 432 g/mol. The maximum absolute atomic E-state index is 13.2. The van der Waals surface area contributed by atoms with Gasteiger partial charge in [-0.25, -0.2) is 0 Å². The van der Waals surface area contributed by atoms with Crippen molar-refractivity contribution >= 4 is 17.4 Å². The van der Waals surface area contributed by atoms with Crippen LogP contribution < -0.4 is 9.47 Å². The number of rotatable bonds is 10. The van der Waals surface area contributed by atoms with Crippen molar-refractivity contribution in [2.45, 2.75) is 26.8 Å². The Balaban J connectivity index is 2.09. The second-order valence-corrected chi connectivity index (χ2v) is 9.03. The highest BCUT2D eigenvalue weighted by Crippen LogP contribution is 2.40. The highest BCUT2D eigenvalue weighted by atomic mass is 16.5. The van der Waals surface area contributed by atoms with Crippen molar-refractivity contribution in [3.8, 4) is 11.5 Å². The topological polar surface area (TPSA) is 79.3 Å². The predicted octanol–water partition coefficient (Wildman–Crippen LogP) is 4.10. The number of aliphatic hydroxyl groups is 1. The zero-order valence-corrected chi connectivity index (χ0v) is 20.6. The van der Waals surface area contributed by atoms with Crippen molar-refractivity contribution < 1.29 is 24.2 Å². The van der Waals surface area contributed by atoms with Gasteiger partial charge in [0.05, 0.1) is 24.8 Å². The first-order valence-corrected chi connectivity index (χ1v) is 11.6. The van der Waals surface area contributed by atoms with E-state index in [2.05, 4.69) is 13.8 Å². The number of hydrogen-bond acceptors (Lipinski definition) is 6. The van der Waals surface area contributed by atoms with Gasteiger partial charge in [0.15, 0.2) is 0 Å². The van der Waals surface area contributed by atoms with Gasteiger partial charge in [-0.3, -0.25) is 9.59 Å². The normalized spacial score (nSPS) is 17.6. The molecule has 1 aliphatic heterocycles. The van der Waals surface area contributed by atoms with E-state index in [1.807, 2.05) is 50.2 Å². The Labute approximate surface area is 201 Å². The van der Waals surface area contributed by atoms with Gasteiger partial charge in [0.2, 0.25) is 0 Å². The van der Waals surface area contributed by atoms with Crippen molar-refractivity contribution in [2.24, 2.45) is 5.92 Å². The fourth-order valence-corrected chi connectivity index (χ4v) is 3.86. The van der Waals surface area contributed by atoms with E-state index in [4.69, 9.17) is 9.47 Å². The molecule has 2 aromatic carbocycles. The van der Waals surface area contributed by atoms with Gasteiger partial charge in [0.1, 0.15) is 17.3 Å². The molecule has 1 aliphatic rings. The van der Waals surface area contributed by atoms with Crippen molar-refractivity contribution in [3.63, 3.8) is 0 Å². The average molecular weight is 467 g/mol. The lowest BCUT2D eigenvalue weighted by atomic mass is 9.95. The lowest BCUT2D eigenvalue weighted by molar-refractivity contribution is -0.140. The van der Waals surface area contributed by atoms with Crippen LogP contribution in [-0.2, 0) is 9.59 Å². The van der Waals surface area contributed by atoms with Crippen LogP contribution in [0.4, 0.5) is 0 Å². The summed E-state index contributed by atoms with van der Waals surface area (Å²) in [6.07, 6.45) is 0. The van der Waals surface area contributed by atoms with Crippen LogP contribution in [0.2, 0.25) is 0 Å². The fraction of sp³-hybridized carbons (Fsp3) is 0.407. The molecule has 1 saturated heterocycles. The van der Waals surface area contributed by atoms with Crippen LogP contribution in [0.15, 0.2) is 54.1 Å². The monoisotopic (exact) mass is 466 g/mol. The van der Waals surface area contributed by atoms with Crippen LogP contribution in [0.25, 0.3) is 5.76 Å². The molecule has 7 nitrogen and oxygen atoms in total. The number of ketones is 1. The molecule has 7 heteroatoms. The number of benzene rings is 2. The highest BCUT2D eigenvalue weighted by molar-refractivity contribution is 6.46. The third-order valence-corrected chi connectivity index (χ3v) is 5.50. The minimum atomic E-state index is -0.722. The van der Waals surface area contributed by atoms with Crippen molar-refractivity contribution in [1.29, 1.82) is 0 Å². The maximum Gasteiger partial charge on any atom is 0.295 e. The summed E-state index contributed by atoms with van der Waals surface area (Å²) in [6.45, 7) is 7.94. The molecule has 0 aromatic heterocycles. The lowest BCUT2D eigenvalue weighted by Gasteiger charge is -2.27. The summed E-state index contributed by atoms with van der Waals surface area (Å²) in [7, 11) is 3.81. The number of ether oxygens (including phenoxy) is 2. The molecule has 1 amide bonds. The molecule has 1 heterocycles. The van der Waals surface area contributed by atoms with E-state index in [0.717, 1.165) is 0 Å². The van der Waals surface area contributed by atoms with Gasteiger partial charge in [-0.15, -0.1) is 0 Å². The molecule has 1 N–H and O–H groups in total. The molecule has 1 fully saturated rings. The SMILES string of the molecule is CCOc1cccc(C2/C(=C(/O)c3cccc(OCC(C)C)c3)C(=O)C(=O)N2CCN(C)C)c1. The molecule has 1 atom stereocenters. The number of hydrogen-bond donors (Lipinski definition) is 1. The minimum absolute atomic E-state index is 0.0680. The van der Waals surface area contributed by atoms with Gasteiger partial charge in [0.25, 0.3) is 11.7 Å². The fourth-order valence-electron chi connectivity index (χ4n) is 3.86. The van der Waals surface area contributed by atoms with E-state index >= 15 is 0 Å². The highest BCUT2D eigenvalue weighted by Gasteiger charge is 2.46. The quantitative estimate of drug-likeness (QED) is 0.323. The number of carbonyl (C=O) groups is 2. The van der Waals surface area contributed by atoms with Gasteiger partial charge >= 0.3 is 0 Å². The molecular formula is C27H34N2O5. The van der Waals surface area contributed by atoms with Gasteiger partial charge in [-0.05, 0) is 56.8 Å². The standard InChI is InChI=1S/C27H34N2O5/c1-6-33-21-11-7-9-19(15-21)24-23(26(31)27(32)29(24)14-13-28(4)5)25(30)20-10-8-12-22(16-20)34-17-18(2)3/h7-12,15-16,18,24,30H,6,13-14,17H2,1-5H3/b25-23-. The third-order valence-electron chi connectivity index (χ3n) is 5.50. The number of carbonyl (C=O) groups excluding carboxylic acids is 2. The first kappa shape index (κ1) is 25.3. The number of nitrogens with zero attached hydrogens (tertiary/aromatic N) is 2. The molecule has 0 aliphatic carbocycles. The van der Waals surface area contributed by atoms with E-state index in [1.54, 1.807) is 24.3 Å². The molecule has 3 rings (SSSR count). The van der Waals surface area contributed by atoms with Gasteiger partial charge in [-0.1, -0.05) is 38.1 Å². The van der Waals surface area contributed by atoms with Gasteiger partial charge < -0.3 is 24.4 Å². The van der Waals surface area contributed by atoms with Crippen molar-refractivity contribution in [1.82, 2.24) is 9.80 Å². The number of aliphatic hydroxyl groups excluding tert-OH is 1. The molecule has 0 radical (unpaired) electrons. The second-order valence-electron chi connectivity index (χ2n) is 9.03. The smallest absolute Gasteiger partial charge is 0.295 e. The first-order chi connectivity index (χ1) is 16.2. The Bertz CT molecular complexity index is 1060. The number of Topliss-reactive ketones (excluding diaryl/α,β-unsaturated/α-hetero) is 1. The molecule has 0 saturated carbocycles. The van der Waals surface area contributed by atoms with E-state index in [0.29, 0.717) is 54.8 Å². The van der Waals surface area contributed by atoms with E-state index in [-0.39, 0.29) is 11.3 Å². The average Bonchev–Trinajstić information content (AvgIpc) is 3.06. The Morgan fingerprint density at radius 2 is 1.74 bits per heavy atom. The molecule has 1 unspecified atom stereocenters. The van der Waals surface area contributed by atoms with Crippen LogP contribution in [0.5, 0.6) is 11.5 Å². The Morgan fingerprint density at radius 3 is 2.38 bits per heavy atom. The molecule has 34 heavy (non-hydrogen) atoms. The summed E-state index contributed by atoms with van der Waals surface area (Å²) in [6, 6.07) is 13.6. The van der Waals surface area contributed by atoms with Crippen LogP contribution in [-0.4, -0.2) is 67.0 Å². The summed E-state index contributed by atoms with van der Waals surface area (Å²) in [5.41, 5.74) is 1.20. The zero-order valence-electron chi connectivity index (χ0n) is 20.6. The van der Waals surface area contributed by atoms with E-state index < -0.39 is 17.7 Å². The van der Waals surface area contributed by atoms with E-state index in [9.17, 15) is 14.7 Å². The maximum atomic E-state index is 13.2. The second kappa shape index (κ2) is 11.2. The molecule has 0 bridgehead atoms. The Morgan fingerprint density at radius 1 is 1.06 bits per heavy atom. The van der Waals surface area contributed by atoms with Crippen LogP contribution in [0, 0.1) is 5.92 Å². The summed E-state index contributed by atoms with van der Waals surface area (Å²) in [4.78, 5) is 29.7. The summed E-state index contributed by atoms with van der Waals surface area (Å²) >= 11 is 0. The Kier molecular flexibility index (Phi) is 8.34. The largest absolute Gasteiger partial charge is 0.507 e. The summed E-state index contributed by atoms with van der Waals surface area (Å²) in [5.74, 6) is 0.0418. The van der Waals surface area contributed by atoms with Gasteiger partial charge in [-0.2, -0.15) is 0 Å². The van der Waals surface area contributed by atoms with Gasteiger partial charge in [0, 0.05) is 18.7 Å². The summed E-state index contributed by atoms with van der Waals surface area (Å²) in [5, 5.41) is 11.3. The lowest BCUT2D eigenvalue weighted by Crippen LogP contribution is -2.35. The van der Waals surface area contributed by atoms with Crippen LogP contribution in [0.1, 0.15) is 37.9 Å². The minimum Gasteiger partial charge on any atom is -0.507 e. The molecule has 2 aromatic rings. The first-order valence-electron chi connectivity index (χ1n) is 11.6. The van der Waals surface area contributed by atoms with E-state index in [1.165, 1.54) is 4.90 Å². The van der Waals surface area contributed by atoms with Crippen LogP contribution in [0.3, 0.4) is 0 Å². The molecule has 0 spiro atoms. The summed E-state index contributed by atoms with van der Waals surface area (Å²) < 4.78 is 11.4. The Hall–Kier alpha value is -3.32. The predicted molar refractivity (Wildman–Crippen MR) is 132 cm³/mol. The van der Waals surface area contributed by atoms with Crippen molar-refractivity contribution in [3.05, 3.63) is 65.2 Å².